The van der Waals surface area contributed by atoms with E-state index in [-0.39, 0.29) is 11.2 Å². The zero-order valence-electron chi connectivity index (χ0n) is 15.8. The maximum absolute atomic E-state index is 13.2. The van der Waals surface area contributed by atoms with Gasteiger partial charge >= 0.3 is 0 Å². The van der Waals surface area contributed by atoms with E-state index in [0.29, 0.717) is 6.10 Å². The molecule has 0 bridgehead atoms. The molecule has 4 rings (SSSR count). The monoisotopic (exact) mass is 361 g/mol. The van der Waals surface area contributed by atoms with E-state index >= 15 is 0 Å². The van der Waals surface area contributed by atoms with Crippen molar-refractivity contribution in [1.29, 1.82) is 0 Å². The Labute approximate surface area is 156 Å². The predicted molar refractivity (Wildman–Crippen MR) is 100 cm³/mol. The molecule has 1 aromatic rings. The van der Waals surface area contributed by atoms with Crippen LogP contribution in [-0.4, -0.2) is 43.9 Å². The standard InChI is InChI=1S/C22H32FNO2/c23-20-8-6-18(7-9-20)14-24-12-10-21-22(16-24,11-3-13-26-21)17-25-15-19-4-1-2-5-19/h6-9,19,21H,1-5,10-17H2/t21-,22+/m1/s1. The van der Waals surface area contributed by atoms with Gasteiger partial charge in [0.05, 0.1) is 12.7 Å². The van der Waals surface area contributed by atoms with Crippen molar-refractivity contribution in [2.45, 2.75) is 57.6 Å². The van der Waals surface area contributed by atoms with Crippen LogP contribution in [0.4, 0.5) is 4.39 Å². The molecule has 1 saturated carbocycles. The molecular formula is C22H32FNO2. The highest BCUT2D eigenvalue weighted by molar-refractivity contribution is 5.16. The molecule has 0 unspecified atom stereocenters. The number of benzene rings is 1. The van der Waals surface area contributed by atoms with Crippen molar-refractivity contribution in [3.05, 3.63) is 35.6 Å². The Morgan fingerprint density at radius 1 is 1.12 bits per heavy atom. The number of hydrogen-bond acceptors (Lipinski definition) is 3. The molecule has 3 fully saturated rings. The summed E-state index contributed by atoms with van der Waals surface area (Å²) in [5, 5.41) is 0. The van der Waals surface area contributed by atoms with E-state index in [4.69, 9.17) is 9.47 Å². The van der Waals surface area contributed by atoms with Gasteiger partial charge in [-0.1, -0.05) is 25.0 Å². The summed E-state index contributed by atoms with van der Waals surface area (Å²) in [6.07, 6.45) is 9.16. The fraction of sp³-hybridized carbons (Fsp3) is 0.727. The molecule has 0 N–H and O–H groups in total. The summed E-state index contributed by atoms with van der Waals surface area (Å²) < 4.78 is 25.6. The van der Waals surface area contributed by atoms with E-state index in [1.165, 1.54) is 37.7 Å². The van der Waals surface area contributed by atoms with E-state index in [0.717, 1.165) is 58.2 Å². The highest BCUT2D eigenvalue weighted by atomic mass is 19.1. The number of ether oxygens (including phenoxy) is 2. The Hall–Kier alpha value is -0.970. The summed E-state index contributed by atoms with van der Waals surface area (Å²) in [6, 6.07) is 6.93. The lowest BCUT2D eigenvalue weighted by molar-refractivity contribution is -0.155. The maximum Gasteiger partial charge on any atom is 0.123 e. The van der Waals surface area contributed by atoms with Gasteiger partial charge in [-0.2, -0.15) is 0 Å². The molecule has 2 heterocycles. The molecule has 0 aromatic heterocycles. The topological polar surface area (TPSA) is 21.7 Å². The van der Waals surface area contributed by atoms with Crippen LogP contribution >= 0.6 is 0 Å². The highest BCUT2D eigenvalue weighted by Gasteiger charge is 2.46. The Morgan fingerprint density at radius 2 is 1.92 bits per heavy atom. The van der Waals surface area contributed by atoms with Crippen molar-refractivity contribution >= 4 is 0 Å². The van der Waals surface area contributed by atoms with Gasteiger partial charge in [-0.15, -0.1) is 0 Å². The molecule has 0 radical (unpaired) electrons. The van der Waals surface area contributed by atoms with Gasteiger partial charge in [-0.05, 0) is 55.7 Å². The molecule has 3 aliphatic rings. The lowest BCUT2D eigenvalue weighted by Crippen LogP contribution is -2.56. The van der Waals surface area contributed by atoms with Crippen molar-refractivity contribution in [2.24, 2.45) is 11.3 Å². The average molecular weight is 362 g/mol. The molecule has 144 valence electrons. The van der Waals surface area contributed by atoms with Gasteiger partial charge in [0.15, 0.2) is 0 Å². The molecular weight excluding hydrogens is 329 g/mol. The zero-order valence-corrected chi connectivity index (χ0v) is 15.8. The van der Waals surface area contributed by atoms with Crippen LogP contribution in [0.1, 0.15) is 50.5 Å². The summed E-state index contributed by atoms with van der Waals surface area (Å²) in [4.78, 5) is 2.51. The number of nitrogens with zero attached hydrogens (tertiary/aromatic N) is 1. The third-order valence-corrected chi connectivity index (χ3v) is 6.60. The summed E-state index contributed by atoms with van der Waals surface area (Å²) >= 11 is 0. The first-order chi connectivity index (χ1) is 12.7. The minimum absolute atomic E-state index is 0.134. The van der Waals surface area contributed by atoms with Gasteiger partial charge in [0.1, 0.15) is 5.82 Å². The number of rotatable bonds is 6. The third-order valence-electron chi connectivity index (χ3n) is 6.60. The molecule has 3 nitrogen and oxygen atoms in total. The fourth-order valence-electron chi connectivity index (χ4n) is 5.18. The van der Waals surface area contributed by atoms with Crippen LogP contribution < -0.4 is 0 Å². The molecule has 0 amide bonds. The van der Waals surface area contributed by atoms with Crippen LogP contribution in [0, 0.1) is 17.2 Å². The van der Waals surface area contributed by atoms with E-state index in [1.807, 2.05) is 12.1 Å². The van der Waals surface area contributed by atoms with Crippen molar-refractivity contribution in [2.75, 3.05) is 32.9 Å². The molecule has 1 aromatic carbocycles. The van der Waals surface area contributed by atoms with Crippen LogP contribution in [0.5, 0.6) is 0 Å². The molecule has 2 aliphatic heterocycles. The number of piperidine rings is 1. The largest absolute Gasteiger partial charge is 0.380 e. The van der Waals surface area contributed by atoms with Crippen molar-refractivity contribution in [1.82, 2.24) is 4.90 Å². The van der Waals surface area contributed by atoms with Gasteiger partial charge in [0.25, 0.3) is 0 Å². The number of likely N-dealkylation sites (tertiary alicyclic amines) is 1. The lowest BCUT2D eigenvalue weighted by atomic mass is 9.73. The van der Waals surface area contributed by atoms with Crippen LogP contribution in [0.25, 0.3) is 0 Å². The molecule has 1 aliphatic carbocycles. The summed E-state index contributed by atoms with van der Waals surface area (Å²) in [7, 11) is 0. The normalized spacial score (nSPS) is 30.4. The van der Waals surface area contributed by atoms with Crippen LogP contribution in [0.3, 0.4) is 0 Å². The van der Waals surface area contributed by atoms with E-state index in [2.05, 4.69) is 4.90 Å². The molecule has 2 atom stereocenters. The van der Waals surface area contributed by atoms with Gasteiger partial charge < -0.3 is 9.47 Å². The Balaban J connectivity index is 1.38. The van der Waals surface area contributed by atoms with Crippen LogP contribution in [-0.2, 0) is 16.0 Å². The summed E-state index contributed by atoms with van der Waals surface area (Å²) in [5.74, 6) is 0.609. The van der Waals surface area contributed by atoms with Crippen molar-refractivity contribution < 1.29 is 13.9 Å². The first-order valence-electron chi connectivity index (χ1n) is 10.4. The Kier molecular flexibility index (Phi) is 5.92. The van der Waals surface area contributed by atoms with Crippen molar-refractivity contribution in [3.63, 3.8) is 0 Å². The summed E-state index contributed by atoms with van der Waals surface area (Å²) in [6.45, 7) is 5.61. The lowest BCUT2D eigenvalue weighted by Gasteiger charge is -2.50. The van der Waals surface area contributed by atoms with Gasteiger partial charge in [-0.25, -0.2) is 4.39 Å². The van der Waals surface area contributed by atoms with Crippen LogP contribution in [0.2, 0.25) is 0 Å². The average Bonchev–Trinajstić information content (AvgIpc) is 3.17. The van der Waals surface area contributed by atoms with E-state index in [9.17, 15) is 4.39 Å². The molecule has 0 spiro atoms. The number of hydrogen-bond donors (Lipinski definition) is 0. The second kappa shape index (κ2) is 8.37. The summed E-state index contributed by atoms with van der Waals surface area (Å²) in [5.41, 5.74) is 1.32. The van der Waals surface area contributed by atoms with Crippen LogP contribution in [0.15, 0.2) is 24.3 Å². The van der Waals surface area contributed by atoms with E-state index < -0.39 is 0 Å². The predicted octanol–water partition coefficient (Wildman–Crippen LogP) is 4.40. The van der Waals surface area contributed by atoms with Gasteiger partial charge in [0, 0.05) is 38.3 Å². The third kappa shape index (κ3) is 4.29. The van der Waals surface area contributed by atoms with E-state index in [1.54, 1.807) is 12.1 Å². The first-order valence-corrected chi connectivity index (χ1v) is 10.4. The Morgan fingerprint density at radius 3 is 2.73 bits per heavy atom. The SMILES string of the molecule is Fc1ccc(CN2CC[C@H]3OCCC[C@@]3(COCC3CCCC3)C2)cc1. The zero-order chi connectivity index (χ0) is 17.8. The minimum Gasteiger partial charge on any atom is -0.380 e. The second-order valence-electron chi connectivity index (χ2n) is 8.62. The molecule has 4 heteroatoms. The highest BCUT2D eigenvalue weighted by Crippen LogP contribution is 2.41. The van der Waals surface area contributed by atoms with Gasteiger partial charge in [0.2, 0.25) is 0 Å². The first kappa shape index (κ1) is 18.4. The fourth-order valence-corrected chi connectivity index (χ4v) is 5.18. The Bertz CT molecular complexity index is 572. The van der Waals surface area contributed by atoms with Crippen molar-refractivity contribution in [3.8, 4) is 0 Å². The quantitative estimate of drug-likeness (QED) is 0.749. The van der Waals surface area contributed by atoms with Gasteiger partial charge in [-0.3, -0.25) is 4.90 Å². The number of fused-ring (bicyclic) bond motifs is 1. The minimum atomic E-state index is -0.162. The molecule has 26 heavy (non-hydrogen) atoms. The maximum atomic E-state index is 13.2. The smallest absolute Gasteiger partial charge is 0.123 e. The molecule has 2 saturated heterocycles. The number of halogens is 1. The second-order valence-corrected chi connectivity index (χ2v) is 8.62.